The molecule has 0 atom stereocenters. The summed E-state index contributed by atoms with van der Waals surface area (Å²) in [4.78, 5) is 34.7. The highest BCUT2D eigenvalue weighted by atomic mass is 35.5. The molecule has 1 saturated heterocycles. The predicted molar refractivity (Wildman–Crippen MR) is 108 cm³/mol. The Balaban J connectivity index is 0.00000243. The number of hydrogen-bond donors (Lipinski definition) is 0. The topological polar surface area (TPSA) is 67.6 Å². The Morgan fingerprint density at radius 3 is 2.88 bits per heavy atom. The zero-order valence-electron chi connectivity index (χ0n) is 14.5. The first-order valence-electron chi connectivity index (χ1n) is 8.35. The number of carbonyl (C=O) groups is 2. The van der Waals surface area contributed by atoms with Crippen LogP contribution in [0.4, 0.5) is 4.79 Å². The van der Waals surface area contributed by atoms with Gasteiger partial charge in [0.1, 0.15) is 5.65 Å². The Morgan fingerprint density at radius 1 is 1.23 bits per heavy atom. The Morgan fingerprint density at radius 2 is 2.08 bits per heavy atom. The van der Waals surface area contributed by atoms with E-state index in [0.29, 0.717) is 11.4 Å². The smallest absolute Gasteiger partial charge is 0.279 e. The lowest BCUT2D eigenvalue weighted by Gasteiger charge is -2.11. The minimum atomic E-state index is -0.148. The van der Waals surface area contributed by atoms with Crippen molar-refractivity contribution >= 4 is 52.7 Å². The second kappa shape index (κ2) is 9.99. The van der Waals surface area contributed by atoms with Crippen LogP contribution in [0.15, 0.2) is 40.8 Å². The minimum Gasteiger partial charge on any atom is -0.279 e. The van der Waals surface area contributed by atoms with Gasteiger partial charge in [0.05, 0.1) is 4.91 Å². The molecular weight excluding hydrogens is 392 g/mol. The fourth-order valence-corrected chi connectivity index (χ4v) is 4.31. The number of imide groups is 1. The molecule has 1 fully saturated rings. The van der Waals surface area contributed by atoms with Crippen molar-refractivity contribution in [2.45, 2.75) is 37.8 Å². The summed E-state index contributed by atoms with van der Waals surface area (Å²) < 4.78 is 1.96. The molecule has 1 aliphatic rings. The van der Waals surface area contributed by atoms with Crippen LogP contribution in [0.3, 0.4) is 0 Å². The van der Waals surface area contributed by atoms with E-state index in [4.69, 9.17) is 0 Å². The molecule has 2 amide bonds. The van der Waals surface area contributed by atoms with Gasteiger partial charge in [-0.1, -0.05) is 31.2 Å². The van der Waals surface area contributed by atoms with Gasteiger partial charge in [-0.05, 0) is 37.1 Å². The number of aromatic nitrogens is 3. The van der Waals surface area contributed by atoms with Crippen molar-refractivity contribution in [1.82, 2.24) is 19.3 Å². The molecule has 0 aromatic carbocycles. The summed E-state index contributed by atoms with van der Waals surface area (Å²) in [6.45, 7) is 2.54. The van der Waals surface area contributed by atoms with Gasteiger partial charge in [-0.25, -0.2) is 9.97 Å². The number of imidazole rings is 1. The van der Waals surface area contributed by atoms with Gasteiger partial charge in [0.25, 0.3) is 11.1 Å². The van der Waals surface area contributed by atoms with Crippen LogP contribution in [-0.2, 0) is 4.79 Å². The van der Waals surface area contributed by atoms with Crippen molar-refractivity contribution in [1.29, 1.82) is 0 Å². The van der Waals surface area contributed by atoms with Gasteiger partial charge in [-0.2, -0.15) is 0 Å². The van der Waals surface area contributed by atoms with E-state index in [1.807, 2.05) is 22.7 Å². The summed E-state index contributed by atoms with van der Waals surface area (Å²) in [7, 11) is 0. The molecule has 2 aromatic rings. The van der Waals surface area contributed by atoms with Gasteiger partial charge in [-0.15, -0.1) is 12.4 Å². The van der Waals surface area contributed by atoms with Crippen molar-refractivity contribution in [3.63, 3.8) is 0 Å². The lowest BCUT2D eigenvalue weighted by atomic mass is 10.3. The quantitative estimate of drug-likeness (QED) is 0.277. The average molecular weight is 413 g/mol. The molecule has 3 heterocycles. The first-order chi connectivity index (χ1) is 12.2. The van der Waals surface area contributed by atoms with E-state index < -0.39 is 0 Å². The fraction of sp³-hybridized carbons (Fsp3) is 0.412. The molecule has 6 nitrogen and oxygen atoms in total. The molecule has 0 spiro atoms. The minimum absolute atomic E-state index is 0. The molecule has 9 heteroatoms. The van der Waals surface area contributed by atoms with E-state index >= 15 is 0 Å². The van der Waals surface area contributed by atoms with E-state index in [1.54, 1.807) is 24.2 Å². The molecule has 0 N–H and O–H groups in total. The molecule has 0 unspecified atom stereocenters. The van der Waals surface area contributed by atoms with Crippen molar-refractivity contribution in [3.05, 3.63) is 35.6 Å². The highest BCUT2D eigenvalue weighted by molar-refractivity contribution is 8.18. The van der Waals surface area contributed by atoms with E-state index in [9.17, 15) is 9.59 Å². The molecule has 0 radical (unpaired) electrons. The second-order valence-electron chi connectivity index (χ2n) is 5.62. The maximum atomic E-state index is 12.2. The van der Waals surface area contributed by atoms with Crippen LogP contribution in [0.25, 0.3) is 5.65 Å². The number of nitrogens with zero attached hydrogens (tertiary/aromatic N) is 4. The summed E-state index contributed by atoms with van der Waals surface area (Å²) >= 11 is 2.72. The molecule has 140 valence electrons. The third kappa shape index (κ3) is 4.81. The standard InChI is InChI=1S/C17H20N4O2S2.ClH/c1-2-3-6-13-15(22)21(17(23)25-13)10-4-5-12-24-16-19-8-7-14-18-9-11-20(14)16;/h6-9,11H,2-5,10,12H2,1H3;1H. The number of rotatable bonds is 8. The monoisotopic (exact) mass is 412 g/mol. The van der Waals surface area contributed by atoms with E-state index in [0.717, 1.165) is 54.0 Å². The summed E-state index contributed by atoms with van der Waals surface area (Å²) in [6, 6.07) is 1.87. The molecule has 2 aromatic heterocycles. The molecule has 1 aliphatic heterocycles. The number of unbranched alkanes of at least 4 members (excludes halogenated alkanes) is 2. The summed E-state index contributed by atoms with van der Waals surface area (Å²) in [5, 5.41) is 0.758. The van der Waals surface area contributed by atoms with Gasteiger partial charge in [0.2, 0.25) is 0 Å². The highest BCUT2D eigenvalue weighted by Gasteiger charge is 2.34. The van der Waals surface area contributed by atoms with Crippen LogP contribution in [0, 0.1) is 0 Å². The van der Waals surface area contributed by atoms with Crippen molar-refractivity contribution < 1.29 is 9.59 Å². The van der Waals surface area contributed by atoms with E-state index in [-0.39, 0.29) is 23.6 Å². The SMILES string of the molecule is CCCC=C1SC(=O)N(CCCCSc2nccc3nccn23)C1=O.Cl. The largest absolute Gasteiger partial charge is 0.293 e. The highest BCUT2D eigenvalue weighted by Crippen LogP contribution is 2.31. The molecule has 0 bridgehead atoms. The number of amides is 2. The third-order valence-corrected chi connectivity index (χ3v) is 5.79. The number of hydrogen-bond acceptors (Lipinski definition) is 6. The Bertz CT molecular complexity index is 809. The normalized spacial score (nSPS) is 15.9. The first-order valence-corrected chi connectivity index (χ1v) is 10.2. The van der Waals surface area contributed by atoms with Gasteiger partial charge in [0.15, 0.2) is 5.16 Å². The van der Waals surface area contributed by atoms with Crippen molar-refractivity contribution in [3.8, 4) is 0 Å². The van der Waals surface area contributed by atoms with Gasteiger partial charge < -0.3 is 0 Å². The third-order valence-electron chi connectivity index (χ3n) is 3.78. The Labute approximate surface area is 167 Å². The molecule has 3 rings (SSSR count). The van der Waals surface area contributed by atoms with Crippen molar-refractivity contribution in [2.24, 2.45) is 0 Å². The lowest BCUT2D eigenvalue weighted by molar-refractivity contribution is -0.122. The second-order valence-corrected chi connectivity index (χ2v) is 7.68. The maximum absolute atomic E-state index is 12.2. The van der Waals surface area contributed by atoms with Crippen LogP contribution in [0.2, 0.25) is 0 Å². The molecule has 0 saturated carbocycles. The zero-order chi connectivity index (χ0) is 17.6. The summed E-state index contributed by atoms with van der Waals surface area (Å²) in [5.74, 6) is 0.743. The zero-order valence-corrected chi connectivity index (χ0v) is 16.9. The fourth-order valence-electron chi connectivity index (χ4n) is 2.48. The van der Waals surface area contributed by atoms with E-state index in [2.05, 4.69) is 16.9 Å². The van der Waals surface area contributed by atoms with Crippen LogP contribution in [0.5, 0.6) is 0 Å². The number of allylic oxidation sites excluding steroid dienone is 1. The van der Waals surface area contributed by atoms with E-state index in [1.165, 1.54) is 4.90 Å². The predicted octanol–water partition coefficient (Wildman–Crippen LogP) is 4.40. The van der Waals surface area contributed by atoms with Gasteiger partial charge >= 0.3 is 0 Å². The Hall–Kier alpha value is -1.51. The van der Waals surface area contributed by atoms with Crippen molar-refractivity contribution in [2.75, 3.05) is 12.3 Å². The summed E-state index contributed by atoms with van der Waals surface area (Å²) in [6.07, 6.45) is 10.8. The number of carbonyl (C=O) groups excluding carboxylic acids is 2. The molecule has 0 aliphatic carbocycles. The molecule has 26 heavy (non-hydrogen) atoms. The Kier molecular flexibility index (Phi) is 7.99. The lowest BCUT2D eigenvalue weighted by Crippen LogP contribution is -2.29. The number of fused-ring (bicyclic) bond motifs is 1. The average Bonchev–Trinajstić information content (AvgIpc) is 3.19. The van der Waals surface area contributed by atoms with Crippen LogP contribution < -0.4 is 0 Å². The summed E-state index contributed by atoms with van der Waals surface area (Å²) in [5.41, 5.74) is 0.884. The molecular formula is C17H21ClN4O2S2. The number of halogens is 1. The first kappa shape index (κ1) is 20.8. The van der Waals surface area contributed by atoms with Crippen LogP contribution in [-0.4, -0.2) is 42.7 Å². The maximum Gasteiger partial charge on any atom is 0.293 e. The van der Waals surface area contributed by atoms with Gasteiger partial charge in [-0.3, -0.25) is 18.9 Å². The van der Waals surface area contributed by atoms with Gasteiger partial charge in [0, 0.05) is 30.9 Å². The van der Waals surface area contributed by atoms with Crippen LogP contribution in [0.1, 0.15) is 32.6 Å². The van der Waals surface area contributed by atoms with Crippen LogP contribution >= 0.6 is 35.9 Å². The number of thioether (sulfide) groups is 2.